The van der Waals surface area contributed by atoms with Gasteiger partial charge in [0.05, 0.1) is 5.69 Å². The van der Waals surface area contributed by atoms with Gasteiger partial charge in [-0.2, -0.15) is 5.10 Å². The molecule has 0 saturated carbocycles. The van der Waals surface area contributed by atoms with Gasteiger partial charge < -0.3 is 5.73 Å². The van der Waals surface area contributed by atoms with Crippen LogP contribution in [-0.2, 0) is 12.5 Å². The van der Waals surface area contributed by atoms with Gasteiger partial charge in [-0.25, -0.2) is 4.39 Å². The van der Waals surface area contributed by atoms with E-state index in [1.54, 1.807) is 10.7 Å². The minimum Gasteiger partial charge on any atom is -0.383 e. The van der Waals surface area contributed by atoms with E-state index < -0.39 is 0 Å². The highest BCUT2D eigenvalue weighted by Crippen LogP contribution is 2.38. The van der Waals surface area contributed by atoms with E-state index in [1.807, 2.05) is 13.1 Å². The van der Waals surface area contributed by atoms with E-state index in [1.165, 1.54) is 12.1 Å². The van der Waals surface area contributed by atoms with Crippen molar-refractivity contribution < 1.29 is 4.39 Å². The number of nitrogens with two attached hydrogens (primary N) is 1. The number of aromatic nitrogens is 2. The van der Waals surface area contributed by atoms with Crippen LogP contribution >= 0.6 is 0 Å². The first kappa shape index (κ1) is 13.6. The van der Waals surface area contributed by atoms with Crippen LogP contribution in [0.15, 0.2) is 24.3 Å². The van der Waals surface area contributed by atoms with Gasteiger partial charge in [0.25, 0.3) is 0 Å². The Hall–Kier alpha value is -1.84. The average Bonchev–Trinajstić information content (AvgIpc) is 2.67. The quantitative estimate of drug-likeness (QED) is 0.919. The predicted molar refractivity (Wildman–Crippen MR) is 76.3 cm³/mol. The van der Waals surface area contributed by atoms with E-state index in [2.05, 4.69) is 25.9 Å². The summed E-state index contributed by atoms with van der Waals surface area (Å²) in [7, 11) is 1.81. The Bertz CT molecular complexity index is 599. The zero-order valence-corrected chi connectivity index (χ0v) is 11.9. The van der Waals surface area contributed by atoms with Gasteiger partial charge in [-0.15, -0.1) is 0 Å². The van der Waals surface area contributed by atoms with Crippen molar-refractivity contribution in [3.8, 4) is 11.1 Å². The Kier molecular flexibility index (Phi) is 3.35. The fourth-order valence-electron chi connectivity index (χ4n) is 2.11. The average molecular weight is 261 g/mol. The molecule has 102 valence electrons. The number of anilines is 1. The molecule has 3 nitrogen and oxygen atoms in total. The molecule has 0 aliphatic heterocycles. The van der Waals surface area contributed by atoms with Crippen molar-refractivity contribution in [2.45, 2.75) is 32.6 Å². The summed E-state index contributed by atoms with van der Waals surface area (Å²) in [5, 5.41) is 4.53. The molecule has 0 fully saturated rings. The predicted octanol–water partition coefficient (Wildman–Crippen LogP) is 3.50. The Labute approximate surface area is 113 Å². The monoisotopic (exact) mass is 261 g/mol. The minimum absolute atomic E-state index is 0.100. The third-order valence-electron chi connectivity index (χ3n) is 3.73. The molecule has 2 N–H and O–H groups in total. The molecular formula is C15H20FN3. The molecule has 1 aromatic heterocycles. The summed E-state index contributed by atoms with van der Waals surface area (Å²) in [5.74, 6) is 0.308. The molecule has 2 aromatic rings. The van der Waals surface area contributed by atoms with Gasteiger partial charge in [0, 0.05) is 18.0 Å². The molecule has 0 aliphatic carbocycles. The zero-order valence-electron chi connectivity index (χ0n) is 11.9. The Morgan fingerprint density at radius 2 is 2.05 bits per heavy atom. The lowest BCUT2D eigenvalue weighted by atomic mass is 9.83. The first-order valence-electron chi connectivity index (χ1n) is 6.45. The van der Waals surface area contributed by atoms with Gasteiger partial charge in [-0.05, 0) is 24.1 Å². The number of halogens is 1. The molecule has 1 heterocycles. The first-order chi connectivity index (χ1) is 8.86. The van der Waals surface area contributed by atoms with Crippen LogP contribution in [0.5, 0.6) is 0 Å². The van der Waals surface area contributed by atoms with Gasteiger partial charge in [0.2, 0.25) is 0 Å². The Morgan fingerprint density at radius 3 is 2.63 bits per heavy atom. The molecule has 0 radical (unpaired) electrons. The van der Waals surface area contributed by atoms with Crippen LogP contribution < -0.4 is 5.73 Å². The summed E-state index contributed by atoms with van der Waals surface area (Å²) >= 11 is 0. The van der Waals surface area contributed by atoms with Crippen LogP contribution in [0.4, 0.5) is 10.2 Å². The molecule has 0 saturated heterocycles. The van der Waals surface area contributed by atoms with Gasteiger partial charge in [0.1, 0.15) is 11.6 Å². The normalized spacial score (nSPS) is 11.8. The maximum absolute atomic E-state index is 13.4. The number of nitrogen functional groups attached to an aromatic ring is 1. The molecule has 0 spiro atoms. The molecule has 0 atom stereocenters. The van der Waals surface area contributed by atoms with Crippen molar-refractivity contribution >= 4 is 5.82 Å². The fourth-order valence-corrected chi connectivity index (χ4v) is 2.11. The Morgan fingerprint density at radius 1 is 1.37 bits per heavy atom. The number of rotatable bonds is 3. The summed E-state index contributed by atoms with van der Waals surface area (Å²) in [6, 6.07) is 6.49. The third kappa shape index (κ3) is 2.35. The lowest BCUT2D eigenvalue weighted by Gasteiger charge is -2.21. The highest BCUT2D eigenvalue weighted by molar-refractivity contribution is 5.77. The summed E-state index contributed by atoms with van der Waals surface area (Å²) < 4.78 is 15.1. The highest BCUT2D eigenvalue weighted by atomic mass is 19.1. The summed E-state index contributed by atoms with van der Waals surface area (Å²) in [6.07, 6.45) is 0.936. The van der Waals surface area contributed by atoms with Crippen LogP contribution in [0.2, 0.25) is 0 Å². The second-order valence-electron chi connectivity index (χ2n) is 5.48. The molecule has 2 rings (SSSR count). The molecule has 0 aliphatic rings. The first-order valence-corrected chi connectivity index (χ1v) is 6.45. The number of aryl methyl sites for hydroxylation is 1. The van der Waals surface area contributed by atoms with Crippen molar-refractivity contribution in [3.63, 3.8) is 0 Å². The SMILES string of the molecule is CCC(C)(C)c1nn(C)c(N)c1-c1cccc(F)c1. The van der Waals surface area contributed by atoms with Gasteiger partial charge in [-0.1, -0.05) is 32.9 Å². The van der Waals surface area contributed by atoms with E-state index in [0.29, 0.717) is 5.82 Å². The van der Waals surface area contributed by atoms with E-state index in [9.17, 15) is 4.39 Å². The molecule has 0 bridgehead atoms. The molecule has 0 unspecified atom stereocenters. The van der Waals surface area contributed by atoms with Crippen molar-refractivity contribution in [2.75, 3.05) is 5.73 Å². The third-order valence-corrected chi connectivity index (χ3v) is 3.73. The van der Waals surface area contributed by atoms with Crippen LogP contribution in [0.3, 0.4) is 0 Å². The van der Waals surface area contributed by atoms with Crippen LogP contribution in [0.1, 0.15) is 32.9 Å². The van der Waals surface area contributed by atoms with Crippen LogP contribution in [0.25, 0.3) is 11.1 Å². The maximum atomic E-state index is 13.4. The van der Waals surface area contributed by atoms with Crippen molar-refractivity contribution in [3.05, 3.63) is 35.8 Å². The number of benzene rings is 1. The smallest absolute Gasteiger partial charge is 0.129 e. The van der Waals surface area contributed by atoms with Gasteiger partial charge >= 0.3 is 0 Å². The standard InChI is InChI=1S/C15H20FN3/c1-5-15(2,3)13-12(14(17)19(4)18-13)10-7-6-8-11(16)9-10/h6-9H,5,17H2,1-4H3. The lowest BCUT2D eigenvalue weighted by molar-refractivity contribution is 0.483. The van der Waals surface area contributed by atoms with E-state index in [4.69, 9.17) is 5.73 Å². The van der Waals surface area contributed by atoms with Crippen molar-refractivity contribution in [1.82, 2.24) is 9.78 Å². The van der Waals surface area contributed by atoms with Crippen molar-refractivity contribution in [1.29, 1.82) is 0 Å². The van der Waals surface area contributed by atoms with Crippen LogP contribution in [-0.4, -0.2) is 9.78 Å². The summed E-state index contributed by atoms with van der Waals surface area (Å²) in [4.78, 5) is 0. The van der Waals surface area contributed by atoms with E-state index in [-0.39, 0.29) is 11.2 Å². The van der Waals surface area contributed by atoms with Crippen LogP contribution in [0, 0.1) is 5.82 Å². The maximum Gasteiger partial charge on any atom is 0.129 e. The Balaban J connectivity index is 2.69. The second-order valence-corrected chi connectivity index (χ2v) is 5.48. The van der Waals surface area contributed by atoms with E-state index in [0.717, 1.165) is 23.2 Å². The molecular weight excluding hydrogens is 241 g/mol. The number of nitrogens with zero attached hydrogens (tertiary/aromatic N) is 2. The second kappa shape index (κ2) is 4.68. The largest absolute Gasteiger partial charge is 0.383 e. The topological polar surface area (TPSA) is 43.8 Å². The van der Waals surface area contributed by atoms with Crippen molar-refractivity contribution in [2.24, 2.45) is 7.05 Å². The number of hydrogen-bond acceptors (Lipinski definition) is 2. The molecule has 0 amide bonds. The zero-order chi connectivity index (χ0) is 14.2. The van der Waals surface area contributed by atoms with Gasteiger partial charge in [-0.3, -0.25) is 4.68 Å². The summed E-state index contributed by atoms with van der Waals surface area (Å²) in [5.41, 5.74) is 8.55. The van der Waals surface area contributed by atoms with Gasteiger partial charge in [0.15, 0.2) is 0 Å². The molecule has 1 aromatic carbocycles. The molecule has 19 heavy (non-hydrogen) atoms. The van der Waals surface area contributed by atoms with E-state index >= 15 is 0 Å². The lowest BCUT2D eigenvalue weighted by Crippen LogP contribution is -2.17. The number of hydrogen-bond donors (Lipinski definition) is 1. The highest BCUT2D eigenvalue weighted by Gasteiger charge is 2.28. The molecule has 4 heteroatoms. The fraction of sp³-hybridized carbons (Fsp3) is 0.400. The minimum atomic E-state index is -0.263. The summed E-state index contributed by atoms with van der Waals surface area (Å²) in [6.45, 7) is 6.36.